The summed E-state index contributed by atoms with van der Waals surface area (Å²) in [5.74, 6) is 0. The summed E-state index contributed by atoms with van der Waals surface area (Å²) in [6, 6.07) is 10.1. The molecule has 4 nitrogen and oxygen atoms in total. The monoisotopic (exact) mass is 307 g/mol. The average Bonchev–Trinajstić information content (AvgIpc) is 2.45. The number of hydrogen-bond acceptors (Lipinski definition) is 4. The fourth-order valence-corrected chi connectivity index (χ4v) is 2.19. The van der Waals surface area contributed by atoms with Crippen LogP contribution in [0, 0.1) is 0 Å². The number of benzene rings is 1. The smallest absolute Gasteiger partial charge is 0.103 e. The zero-order valence-electron chi connectivity index (χ0n) is 14.0. The Hall–Kier alpha value is -1.20. The van der Waals surface area contributed by atoms with Crippen molar-refractivity contribution in [2.45, 2.75) is 51.7 Å². The maximum Gasteiger partial charge on any atom is 0.103 e. The number of rotatable bonds is 11. The highest BCUT2D eigenvalue weighted by Gasteiger charge is 2.25. The molecule has 0 spiro atoms. The van der Waals surface area contributed by atoms with Crippen molar-refractivity contribution in [3.8, 4) is 0 Å². The van der Waals surface area contributed by atoms with Gasteiger partial charge in [0.05, 0.1) is 31.5 Å². The van der Waals surface area contributed by atoms with E-state index >= 15 is 0 Å². The lowest BCUT2D eigenvalue weighted by molar-refractivity contribution is -0.105. The highest BCUT2D eigenvalue weighted by molar-refractivity contribution is 5.13. The molecule has 0 aromatic heterocycles. The first-order valence-electron chi connectivity index (χ1n) is 7.70. The largest absolute Gasteiger partial charge is 0.375 e. The van der Waals surface area contributed by atoms with Crippen molar-refractivity contribution < 1.29 is 14.2 Å². The minimum Gasteiger partial charge on any atom is -0.375 e. The summed E-state index contributed by atoms with van der Waals surface area (Å²) in [6.45, 7) is 11.1. The predicted molar refractivity (Wildman–Crippen MR) is 89.5 cm³/mol. The van der Waals surface area contributed by atoms with Crippen LogP contribution in [0.15, 0.2) is 43.0 Å². The molecule has 124 valence electrons. The van der Waals surface area contributed by atoms with Gasteiger partial charge >= 0.3 is 0 Å². The molecule has 0 aliphatic heterocycles. The van der Waals surface area contributed by atoms with Crippen LogP contribution in [0.1, 0.15) is 32.8 Å². The van der Waals surface area contributed by atoms with E-state index in [9.17, 15) is 0 Å². The van der Waals surface area contributed by atoms with Gasteiger partial charge < -0.3 is 19.9 Å². The first-order valence-corrected chi connectivity index (χ1v) is 7.70. The molecule has 0 radical (unpaired) electrons. The van der Waals surface area contributed by atoms with Crippen LogP contribution in [0.2, 0.25) is 0 Å². The van der Waals surface area contributed by atoms with Gasteiger partial charge in [-0.25, -0.2) is 0 Å². The number of nitrogens with two attached hydrogens (primary N) is 1. The third-order valence-corrected chi connectivity index (χ3v) is 3.14. The molecule has 2 atom stereocenters. The van der Waals surface area contributed by atoms with Gasteiger partial charge in [-0.3, -0.25) is 0 Å². The van der Waals surface area contributed by atoms with Gasteiger partial charge in [-0.15, -0.1) is 6.58 Å². The number of ether oxygens (including phenoxy) is 3. The second-order valence-electron chi connectivity index (χ2n) is 6.03. The Labute approximate surface area is 134 Å². The van der Waals surface area contributed by atoms with E-state index in [1.54, 1.807) is 6.08 Å². The van der Waals surface area contributed by atoms with Gasteiger partial charge in [-0.05, 0) is 26.3 Å². The lowest BCUT2D eigenvalue weighted by atomic mass is 10.0. The molecule has 1 rings (SSSR count). The SMILES string of the molecule is C=CCOCC(CC(C)(C)OCc1ccccc1)OC(C)N. The highest BCUT2D eigenvalue weighted by Crippen LogP contribution is 2.21. The Morgan fingerprint density at radius 2 is 1.95 bits per heavy atom. The van der Waals surface area contributed by atoms with Crippen molar-refractivity contribution >= 4 is 0 Å². The van der Waals surface area contributed by atoms with E-state index in [0.29, 0.717) is 26.2 Å². The Kier molecular flexibility index (Phi) is 8.35. The van der Waals surface area contributed by atoms with Crippen LogP contribution >= 0.6 is 0 Å². The van der Waals surface area contributed by atoms with Crippen LogP contribution < -0.4 is 5.73 Å². The molecule has 1 aromatic rings. The second-order valence-corrected chi connectivity index (χ2v) is 6.03. The molecule has 4 heteroatoms. The van der Waals surface area contributed by atoms with E-state index in [2.05, 4.69) is 32.6 Å². The molecule has 0 heterocycles. The van der Waals surface area contributed by atoms with Crippen LogP contribution in [0.3, 0.4) is 0 Å². The number of hydrogen-bond donors (Lipinski definition) is 1. The summed E-state index contributed by atoms with van der Waals surface area (Å²) >= 11 is 0. The molecule has 2 N–H and O–H groups in total. The fourth-order valence-electron chi connectivity index (χ4n) is 2.19. The van der Waals surface area contributed by atoms with Gasteiger partial charge in [0.2, 0.25) is 0 Å². The molecule has 0 aliphatic carbocycles. The standard InChI is InChI=1S/C18H29NO3/c1-5-11-20-14-17(22-15(2)19)12-18(3,4)21-13-16-9-7-6-8-10-16/h5-10,15,17H,1,11-14,19H2,2-4H3. The summed E-state index contributed by atoms with van der Waals surface area (Å²) in [5.41, 5.74) is 6.57. The van der Waals surface area contributed by atoms with Crippen LogP contribution in [-0.2, 0) is 20.8 Å². The molecule has 0 saturated carbocycles. The zero-order chi connectivity index (χ0) is 16.4. The molecular weight excluding hydrogens is 278 g/mol. The van der Waals surface area contributed by atoms with Crippen LogP contribution in [0.5, 0.6) is 0 Å². The second kappa shape index (κ2) is 9.74. The third kappa shape index (κ3) is 8.29. The molecule has 2 unspecified atom stereocenters. The highest BCUT2D eigenvalue weighted by atomic mass is 16.5. The van der Waals surface area contributed by atoms with E-state index in [4.69, 9.17) is 19.9 Å². The minimum atomic E-state index is -0.331. The topological polar surface area (TPSA) is 53.7 Å². The van der Waals surface area contributed by atoms with Gasteiger partial charge in [-0.2, -0.15) is 0 Å². The lowest BCUT2D eigenvalue weighted by Gasteiger charge is -2.31. The maximum absolute atomic E-state index is 6.04. The summed E-state index contributed by atoms with van der Waals surface area (Å²) < 4.78 is 17.3. The molecule has 0 fully saturated rings. The Bertz CT molecular complexity index is 418. The zero-order valence-corrected chi connectivity index (χ0v) is 14.0. The average molecular weight is 307 g/mol. The fraction of sp³-hybridized carbons (Fsp3) is 0.556. The van der Waals surface area contributed by atoms with Gasteiger partial charge in [0.1, 0.15) is 6.23 Å². The Morgan fingerprint density at radius 3 is 2.55 bits per heavy atom. The molecular formula is C18H29NO3. The van der Waals surface area contributed by atoms with Gasteiger partial charge in [-0.1, -0.05) is 36.4 Å². The van der Waals surface area contributed by atoms with Crippen LogP contribution in [-0.4, -0.2) is 31.1 Å². The van der Waals surface area contributed by atoms with Crippen molar-refractivity contribution in [3.63, 3.8) is 0 Å². The predicted octanol–water partition coefficient (Wildman–Crippen LogP) is 3.26. The van der Waals surface area contributed by atoms with Crippen LogP contribution in [0.25, 0.3) is 0 Å². The lowest BCUT2D eigenvalue weighted by Crippen LogP contribution is -2.37. The molecule has 0 bridgehead atoms. The molecule has 0 aliphatic rings. The minimum absolute atomic E-state index is 0.106. The van der Waals surface area contributed by atoms with E-state index in [0.717, 1.165) is 5.56 Å². The Morgan fingerprint density at radius 1 is 1.27 bits per heavy atom. The van der Waals surface area contributed by atoms with Gasteiger partial charge in [0, 0.05) is 6.42 Å². The molecule has 1 aromatic carbocycles. The first-order chi connectivity index (χ1) is 10.4. The van der Waals surface area contributed by atoms with Crippen molar-refractivity contribution in [1.82, 2.24) is 0 Å². The van der Waals surface area contributed by atoms with E-state index < -0.39 is 0 Å². The summed E-state index contributed by atoms with van der Waals surface area (Å²) in [5, 5.41) is 0. The first kappa shape index (κ1) is 18.8. The molecule has 0 saturated heterocycles. The summed E-state index contributed by atoms with van der Waals surface area (Å²) in [6.07, 6.45) is 1.99. The van der Waals surface area contributed by atoms with Crippen LogP contribution in [0.4, 0.5) is 0 Å². The van der Waals surface area contributed by atoms with E-state index in [1.165, 1.54) is 0 Å². The quantitative estimate of drug-likeness (QED) is 0.387. The van der Waals surface area contributed by atoms with Crippen molar-refractivity contribution in [2.75, 3.05) is 13.2 Å². The van der Waals surface area contributed by atoms with Crippen molar-refractivity contribution in [3.05, 3.63) is 48.6 Å². The van der Waals surface area contributed by atoms with E-state index in [1.807, 2.05) is 25.1 Å². The normalized spacial score (nSPS) is 14.5. The molecule has 22 heavy (non-hydrogen) atoms. The van der Waals surface area contributed by atoms with Gasteiger partial charge in [0.25, 0.3) is 0 Å². The van der Waals surface area contributed by atoms with Crippen molar-refractivity contribution in [2.24, 2.45) is 5.73 Å². The summed E-state index contributed by atoms with van der Waals surface area (Å²) in [4.78, 5) is 0. The third-order valence-electron chi connectivity index (χ3n) is 3.14. The van der Waals surface area contributed by atoms with E-state index in [-0.39, 0.29) is 17.9 Å². The summed E-state index contributed by atoms with van der Waals surface area (Å²) in [7, 11) is 0. The maximum atomic E-state index is 6.04. The van der Waals surface area contributed by atoms with Crippen molar-refractivity contribution in [1.29, 1.82) is 0 Å². The van der Waals surface area contributed by atoms with Gasteiger partial charge in [0.15, 0.2) is 0 Å². The Balaban J connectivity index is 2.50. The molecule has 0 amide bonds.